The van der Waals surface area contributed by atoms with Crippen molar-refractivity contribution in [3.05, 3.63) is 35.6 Å². The number of rotatable bonds is 5. The maximum Gasteiger partial charge on any atom is 0.254 e. The summed E-state index contributed by atoms with van der Waals surface area (Å²) in [5.41, 5.74) is 1.95. The third kappa shape index (κ3) is 3.49. The number of carbonyl (C=O) groups excluding carboxylic acids is 2. The number of fused-ring (bicyclic) bond motifs is 1. The smallest absolute Gasteiger partial charge is 0.254 e. The van der Waals surface area contributed by atoms with Gasteiger partial charge in [0.25, 0.3) is 5.91 Å². The largest absolute Gasteiger partial charge is 0.360 e. The van der Waals surface area contributed by atoms with Crippen LogP contribution in [-0.2, 0) is 11.3 Å². The van der Waals surface area contributed by atoms with Crippen LogP contribution in [0.3, 0.4) is 0 Å². The lowest BCUT2D eigenvalue weighted by Gasteiger charge is -2.16. The second kappa shape index (κ2) is 6.71. The molecule has 0 radical (unpaired) electrons. The highest BCUT2D eigenvalue weighted by atomic mass is 16.5. The maximum atomic E-state index is 12.5. The van der Waals surface area contributed by atoms with Gasteiger partial charge in [0, 0.05) is 25.2 Å². The van der Waals surface area contributed by atoms with Gasteiger partial charge < -0.3 is 14.7 Å². The lowest BCUT2D eigenvalue weighted by molar-refractivity contribution is -0.116. The Morgan fingerprint density at radius 1 is 1.32 bits per heavy atom. The Balaban J connectivity index is 1.68. The molecule has 2 amide bonds. The quantitative estimate of drug-likeness (QED) is 0.752. The Morgan fingerprint density at radius 2 is 2.12 bits per heavy atom. The van der Waals surface area contributed by atoms with E-state index < -0.39 is 0 Å². The molecule has 3 rings (SSSR count). The van der Waals surface area contributed by atoms with E-state index in [4.69, 9.17) is 4.52 Å². The Kier molecular flexibility index (Phi) is 4.46. The van der Waals surface area contributed by atoms with Crippen LogP contribution in [0.2, 0.25) is 0 Å². The molecule has 2 aromatic heterocycles. The summed E-state index contributed by atoms with van der Waals surface area (Å²) >= 11 is 0. The van der Waals surface area contributed by atoms with Crippen molar-refractivity contribution in [2.45, 2.75) is 20.4 Å². The van der Waals surface area contributed by atoms with Gasteiger partial charge in [-0.25, -0.2) is 4.68 Å². The maximum absolute atomic E-state index is 12.5. The molecule has 2 heterocycles. The van der Waals surface area contributed by atoms with Crippen molar-refractivity contribution in [3.8, 4) is 0 Å². The van der Waals surface area contributed by atoms with Crippen molar-refractivity contribution in [1.82, 2.24) is 25.1 Å². The molecule has 0 aliphatic carbocycles. The number of carbonyl (C=O) groups is 2. The molecular weight excluding hydrogens is 324 g/mol. The van der Waals surface area contributed by atoms with E-state index in [1.54, 1.807) is 42.9 Å². The average molecular weight is 342 g/mol. The third-order valence-electron chi connectivity index (χ3n) is 3.68. The summed E-state index contributed by atoms with van der Waals surface area (Å²) in [6.45, 7) is 4.29. The Bertz CT molecular complexity index is 929. The number of benzene rings is 1. The fourth-order valence-corrected chi connectivity index (χ4v) is 2.45. The fraction of sp³-hybridized carbons (Fsp3) is 0.312. The van der Waals surface area contributed by atoms with E-state index in [0.29, 0.717) is 29.2 Å². The molecule has 0 bridgehead atoms. The lowest BCUT2D eigenvalue weighted by Crippen LogP contribution is -2.35. The van der Waals surface area contributed by atoms with Gasteiger partial charge in [-0.2, -0.15) is 0 Å². The molecule has 0 fully saturated rings. The minimum absolute atomic E-state index is 0.107. The SMILES string of the molecule is CCn1nnc2cc(C(=O)N(C)CC(=O)Nc3cc(C)on3)ccc21. The van der Waals surface area contributed by atoms with Crippen LogP contribution in [0.15, 0.2) is 28.8 Å². The van der Waals surface area contributed by atoms with Crippen molar-refractivity contribution >= 4 is 28.7 Å². The normalized spacial score (nSPS) is 10.8. The van der Waals surface area contributed by atoms with Gasteiger partial charge in [-0.05, 0) is 32.0 Å². The van der Waals surface area contributed by atoms with Gasteiger partial charge in [-0.3, -0.25) is 9.59 Å². The highest BCUT2D eigenvalue weighted by Crippen LogP contribution is 2.15. The number of nitrogens with one attached hydrogen (secondary N) is 1. The van der Waals surface area contributed by atoms with Gasteiger partial charge >= 0.3 is 0 Å². The van der Waals surface area contributed by atoms with E-state index in [1.807, 2.05) is 6.92 Å². The Morgan fingerprint density at radius 3 is 2.80 bits per heavy atom. The molecule has 9 nitrogen and oxygen atoms in total. The van der Waals surface area contributed by atoms with Gasteiger partial charge in [0.05, 0.1) is 12.1 Å². The first-order valence-electron chi connectivity index (χ1n) is 7.80. The minimum atomic E-state index is -0.359. The molecule has 0 saturated heterocycles. The number of anilines is 1. The Hall–Kier alpha value is -3.23. The van der Waals surface area contributed by atoms with Crippen molar-refractivity contribution in [1.29, 1.82) is 0 Å². The minimum Gasteiger partial charge on any atom is -0.360 e. The summed E-state index contributed by atoms with van der Waals surface area (Å²) < 4.78 is 6.63. The van der Waals surface area contributed by atoms with Gasteiger partial charge in [-0.15, -0.1) is 5.10 Å². The van der Waals surface area contributed by atoms with Crippen LogP contribution in [0.1, 0.15) is 23.0 Å². The van der Waals surface area contributed by atoms with Crippen molar-refractivity contribution in [2.75, 3.05) is 18.9 Å². The summed E-state index contributed by atoms with van der Waals surface area (Å²) in [6.07, 6.45) is 0. The Labute approximate surface area is 143 Å². The van der Waals surface area contributed by atoms with E-state index in [2.05, 4.69) is 20.8 Å². The number of hydrogen-bond donors (Lipinski definition) is 1. The lowest BCUT2D eigenvalue weighted by atomic mass is 10.1. The average Bonchev–Trinajstić information content (AvgIpc) is 3.18. The van der Waals surface area contributed by atoms with Gasteiger partial charge in [0.1, 0.15) is 11.3 Å². The summed E-state index contributed by atoms with van der Waals surface area (Å²) in [4.78, 5) is 25.9. The number of hydrogen-bond acceptors (Lipinski definition) is 6. The van der Waals surface area contributed by atoms with Crippen LogP contribution in [0, 0.1) is 6.92 Å². The molecule has 0 aliphatic heterocycles. The molecule has 0 aliphatic rings. The van der Waals surface area contributed by atoms with Crippen molar-refractivity contribution in [2.24, 2.45) is 0 Å². The molecule has 9 heteroatoms. The zero-order chi connectivity index (χ0) is 18.0. The van der Waals surface area contributed by atoms with E-state index in [1.165, 1.54) is 4.90 Å². The molecule has 3 aromatic rings. The van der Waals surface area contributed by atoms with E-state index in [9.17, 15) is 9.59 Å². The number of aromatic nitrogens is 4. The number of nitrogens with zero attached hydrogens (tertiary/aromatic N) is 5. The summed E-state index contributed by atoms with van der Waals surface area (Å²) in [7, 11) is 1.56. The number of likely N-dealkylation sites (N-methyl/N-ethyl adjacent to an activating group) is 1. The summed E-state index contributed by atoms with van der Waals surface area (Å²) in [5, 5.41) is 14.3. The molecule has 0 atom stereocenters. The molecule has 1 aromatic carbocycles. The molecule has 1 N–H and O–H groups in total. The van der Waals surface area contributed by atoms with Crippen molar-refractivity contribution < 1.29 is 14.1 Å². The molecule has 0 unspecified atom stereocenters. The number of amides is 2. The standard InChI is InChI=1S/C16H18N6O3/c1-4-22-13-6-5-11(8-12(13)18-20-22)16(24)21(3)9-15(23)17-14-7-10(2)25-19-14/h5-8H,4,9H2,1-3H3,(H,17,19,23). The van der Waals surface area contributed by atoms with Crippen molar-refractivity contribution in [3.63, 3.8) is 0 Å². The fourth-order valence-electron chi connectivity index (χ4n) is 2.45. The molecule has 0 spiro atoms. The number of aryl methyl sites for hydroxylation is 2. The first-order chi connectivity index (χ1) is 12.0. The second-order valence-corrected chi connectivity index (χ2v) is 5.64. The predicted octanol–water partition coefficient (Wildman–Crippen LogP) is 1.46. The van der Waals surface area contributed by atoms with Crippen LogP contribution in [0.4, 0.5) is 5.82 Å². The van der Waals surface area contributed by atoms with Crippen LogP contribution in [0.25, 0.3) is 11.0 Å². The zero-order valence-electron chi connectivity index (χ0n) is 14.2. The van der Waals surface area contributed by atoms with Gasteiger partial charge in [0.15, 0.2) is 5.82 Å². The molecule has 25 heavy (non-hydrogen) atoms. The van der Waals surface area contributed by atoms with Gasteiger partial charge in [0.2, 0.25) is 5.91 Å². The summed E-state index contributed by atoms with van der Waals surface area (Å²) in [5.74, 6) is 0.274. The highest BCUT2D eigenvalue weighted by Gasteiger charge is 2.17. The van der Waals surface area contributed by atoms with Crippen LogP contribution >= 0.6 is 0 Å². The monoisotopic (exact) mass is 342 g/mol. The van der Waals surface area contributed by atoms with E-state index in [-0.39, 0.29) is 18.4 Å². The first-order valence-corrected chi connectivity index (χ1v) is 7.80. The van der Waals surface area contributed by atoms with Gasteiger partial charge in [-0.1, -0.05) is 10.4 Å². The highest BCUT2D eigenvalue weighted by molar-refractivity contribution is 6.00. The summed E-state index contributed by atoms with van der Waals surface area (Å²) in [6, 6.07) is 6.78. The van der Waals surface area contributed by atoms with E-state index >= 15 is 0 Å². The zero-order valence-corrected chi connectivity index (χ0v) is 14.2. The van der Waals surface area contributed by atoms with Crippen LogP contribution < -0.4 is 5.32 Å². The second-order valence-electron chi connectivity index (χ2n) is 5.64. The molecule has 0 saturated carbocycles. The van der Waals surface area contributed by atoms with Crippen LogP contribution in [0.5, 0.6) is 0 Å². The predicted molar refractivity (Wildman–Crippen MR) is 90.0 cm³/mol. The van der Waals surface area contributed by atoms with E-state index in [0.717, 1.165) is 5.52 Å². The third-order valence-corrected chi connectivity index (χ3v) is 3.68. The topological polar surface area (TPSA) is 106 Å². The first kappa shape index (κ1) is 16.6. The van der Waals surface area contributed by atoms with Crippen LogP contribution in [-0.4, -0.2) is 50.5 Å². The molecule has 130 valence electrons. The molecular formula is C16H18N6O3.